The number of hydrogen-bond acceptors (Lipinski definition) is 3. The maximum Gasteiger partial charge on any atom is 0.404 e. The van der Waals surface area contributed by atoms with Crippen molar-refractivity contribution in [2.75, 3.05) is 14.2 Å². The highest BCUT2D eigenvalue weighted by atomic mass is 16.7. The predicted molar refractivity (Wildman–Crippen MR) is 56.6 cm³/mol. The quantitative estimate of drug-likeness (QED) is 0.699. The molecule has 0 radical (unpaired) electrons. The molecule has 0 spiro atoms. The van der Waals surface area contributed by atoms with E-state index in [1.807, 2.05) is 13.8 Å². The van der Waals surface area contributed by atoms with Crippen LogP contribution in [-0.2, 0) is 9.63 Å². The van der Waals surface area contributed by atoms with Crippen LogP contribution >= 0.6 is 0 Å². The second-order valence-electron chi connectivity index (χ2n) is 4.63. The highest BCUT2D eigenvalue weighted by molar-refractivity contribution is 5.80. The van der Waals surface area contributed by atoms with Crippen molar-refractivity contribution in [1.29, 1.82) is 0 Å². The number of nitrogens with one attached hydrogen (secondary N) is 1. The van der Waals surface area contributed by atoms with Gasteiger partial charge in [-0.1, -0.05) is 13.8 Å². The van der Waals surface area contributed by atoms with Crippen molar-refractivity contribution in [3.63, 3.8) is 0 Å². The van der Waals surface area contributed by atoms with Crippen LogP contribution in [0, 0.1) is 11.3 Å². The van der Waals surface area contributed by atoms with Gasteiger partial charge in [-0.3, -0.25) is 9.63 Å². The van der Waals surface area contributed by atoms with E-state index in [0.29, 0.717) is 6.42 Å². The molecule has 16 heavy (non-hydrogen) atoms. The highest BCUT2D eigenvalue weighted by Crippen LogP contribution is 2.46. The SMILES string of the molecule is CON(C)C(=O)[C@H]1C[C@@H](NC(=O)O)C1(C)C. The molecule has 1 aliphatic rings. The first kappa shape index (κ1) is 12.8. The van der Waals surface area contributed by atoms with Crippen LogP contribution in [0.15, 0.2) is 0 Å². The summed E-state index contributed by atoms with van der Waals surface area (Å²) in [6, 6.07) is -0.177. The van der Waals surface area contributed by atoms with E-state index in [2.05, 4.69) is 5.32 Å². The van der Waals surface area contributed by atoms with E-state index >= 15 is 0 Å². The van der Waals surface area contributed by atoms with Gasteiger partial charge in [-0.15, -0.1) is 0 Å². The van der Waals surface area contributed by atoms with E-state index in [1.54, 1.807) is 7.05 Å². The van der Waals surface area contributed by atoms with E-state index in [0.717, 1.165) is 0 Å². The van der Waals surface area contributed by atoms with Crippen LogP contribution in [0.25, 0.3) is 0 Å². The Hall–Kier alpha value is -1.30. The molecule has 92 valence electrons. The minimum absolute atomic E-state index is 0.115. The lowest BCUT2D eigenvalue weighted by Crippen LogP contribution is -2.62. The second-order valence-corrected chi connectivity index (χ2v) is 4.63. The molecule has 1 fully saturated rings. The first-order valence-electron chi connectivity index (χ1n) is 5.11. The molecule has 1 saturated carbocycles. The molecule has 0 aromatic heterocycles. The number of nitrogens with zero attached hydrogens (tertiary/aromatic N) is 1. The van der Waals surface area contributed by atoms with E-state index < -0.39 is 6.09 Å². The third kappa shape index (κ3) is 2.11. The molecule has 1 rings (SSSR count). The maximum absolute atomic E-state index is 11.8. The van der Waals surface area contributed by atoms with Gasteiger partial charge in [-0.05, 0) is 11.8 Å². The zero-order valence-electron chi connectivity index (χ0n) is 9.98. The summed E-state index contributed by atoms with van der Waals surface area (Å²) in [6.07, 6.45) is -0.532. The molecule has 6 nitrogen and oxygen atoms in total. The lowest BCUT2D eigenvalue weighted by Gasteiger charge is -2.51. The monoisotopic (exact) mass is 230 g/mol. The van der Waals surface area contributed by atoms with E-state index in [1.165, 1.54) is 12.2 Å². The fourth-order valence-electron chi connectivity index (χ4n) is 2.05. The largest absolute Gasteiger partial charge is 0.465 e. The van der Waals surface area contributed by atoms with Gasteiger partial charge in [0.05, 0.1) is 7.11 Å². The summed E-state index contributed by atoms with van der Waals surface area (Å²) < 4.78 is 0. The normalized spacial score (nSPS) is 26.8. The van der Waals surface area contributed by atoms with Gasteiger partial charge in [0.1, 0.15) is 0 Å². The number of hydroxylamine groups is 2. The zero-order chi connectivity index (χ0) is 12.5. The van der Waals surface area contributed by atoms with E-state index in [9.17, 15) is 9.59 Å². The minimum Gasteiger partial charge on any atom is -0.465 e. The second kappa shape index (κ2) is 4.29. The van der Waals surface area contributed by atoms with Crippen molar-refractivity contribution in [3.8, 4) is 0 Å². The lowest BCUT2D eigenvalue weighted by molar-refractivity contribution is -0.185. The van der Waals surface area contributed by atoms with Crippen LogP contribution in [0.5, 0.6) is 0 Å². The Labute approximate surface area is 94.5 Å². The summed E-state index contributed by atoms with van der Waals surface area (Å²) in [6.45, 7) is 3.76. The van der Waals surface area contributed by atoms with Crippen LogP contribution in [0.2, 0.25) is 0 Å². The molecule has 0 aliphatic heterocycles. The summed E-state index contributed by atoms with van der Waals surface area (Å²) in [5.41, 5.74) is -0.373. The number of carboxylic acid groups (broad SMARTS) is 1. The van der Waals surface area contributed by atoms with Crippen molar-refractivity contribution in [3.05, 3.63) is 0 Å². The van der Waals surface area contributed by atoms with Crippen LogP contribution in [0.4, 0.5) is 4.79 Å². The van der Waals surface area contributed by atoms with Gasteiger partial charge in [0.15, 0.2) is 0 Å². The topological polar surface area (TPSA) is 78.9 Å². The van der Waals surface area contributed by atoms with Gasteiger partial charge in [0.2, 0.25) is 5.91 Å². The first-order valence-corrected chi connectivity index (χ1v) is 5.11. The molecule has 2 N–H and O–H groups in total. The summed E-state index contributed by atoms with van der Waals surface area (Å²) in [5, 5.41) is 12.2. The molecule has 0 aromatic carbocycles. The third-order valence-electron chi connectivity index (χ3n) is 3.45. The molecule has 2 amide bonds. The van der Waals surface area contributed by atoms with Crippen molar-refractivity contribution >= 4 is 12.0 Å². The number of amides is 2. The summed E-state index contributed by atoms with van der Waals surface area (Å²) in [7, 11) is 2.98. The fraction of sp³-hybridized carbons (Fsp3) is 0.800. The summed E-state index contributed by atoms with van der Waals surface area (Å²) in [4.78, 5) is 27.2. The van der Waals surface area contributed by atoms with Gasteiger partial charge < -0.3 is 10.4 Å². The molecular formula is C10H18N2O4. The molecule has 0 aromatic rings. The van der Waals surface area contributed by atoms with Crippen molar-refractivity contribution in [2.45, 2.75) is 26.3 Å². The van der Waals surface area contributed by atoms with E-state index in [4.69, 9.17) is 9.94 Å². The summed E-state index contributed by atoms with van der Waals surface area (Å²) in [5.74, 6) is -0.315. The van der Waals surface area contributed by atoms with Crippen molar-refractivity contribution < 1.29 is 19.5 Å². The number of carbonyl (C=O) groups excluding carboxylic acids is 1. The average Bonchev–Trinajstić information content (AvgIpc) is 2.21. The minimum atomic E-state index is -1.05. The molecule has 6 heteroatoms. The van der Waals surface area contributed by atoms with Crippen molar-refractivity contribution in [1.82, 2.24) is 10.4 Å². The molecule has 0 unspecified atom stereocenters. The Morgan fingerprint density at radius 3 is 2.44 bits per heavy atom. The standard InChI is InChI=1S/C10H18N2O4/c1-10(2)6(8(13)12(3)16-4)5-7(10)11-9(14)15/h6-7,11H,5H2,1-4H3,(H,14,15)/t6-,7-/m1/s1. The number of rotatable bonds is 3. The van der Waals surface area contributed by atoms with E-state index in [-0.39, 0.29) is 23.3 Å². The molecule has 2 atom stereocenters. The van der Waals surface area contributed by atoms with Gasteiger partial charge in [-0.25, -0.2) is 9.86 Å². The van der Waals surface area contributed by atoms with Gasteiger partial charge >= 0.3 is 6.09 Å². The Bertz CT molecular complexity index is 303. The average molecular weight is 230 g/mol. The Morgan fingerprint density at radius 2 is 2.06 bits per heavy atom. The fourth-order valence-corrected chi connectivity index (χ4v) is 2.05. The van der Waals surface area contributed by atoms with Crippen LogP contribution in [0.3, 0.4) is 0 Å². The van der Waals surface area contributed by atoms with Crippen molar-refractivity contribution in [2.24, 2.45) is 11.3 Å². The molecule has 0 saturated heterocycles. The maximum atomic E-state index is 11.8. The Kier molecular flexibility index (Phi) is 3.42. The van der Waals surface area contributed by atoms with Crippen LogP contribution in [-0.4, -0.2) is 42.4 Å². The third-order valence-corrected chi connectivity index (χ3v) is 3.45. The van der Waals surface area contributed by atoms with Crippen LogP contribution < -0.4 is 5.32 Å². The Balaban J connectivity index is 2.62. The number of carbonyl (C=O) groups is 2. The highest BCUT2D eigenvalue weighted by Gasteiger charge is 2.53. The van der Waals surface area contributed by atoms with Gasteiger partial charge in [-0.2, -0.15) is 0 Å². The van der Waals surface area contributed by atoms with Gasteiger partial charge in [0, 0.05) is 19.0 Å². The smallest absolute Gasteiger partial charge is 0.404 e. The van der Waals surface area contributed by atoms with Gasteiger partial charge in [0.25, 0.3) is 0 Å². The summed E-state index contributed by atoms with van der Waals surface area (Å²) >= 11 is 0. The molecule has 1 aliphatic carbocycles. The Morgan fingerprint density at radius 1 is 1.50 bits per heavy atom. The number of hydrogen-bond donors (Lipinski definition) is 2. The predicted octanol–water partition coefficient (Wildman–Crippen LogP) is 0.688. The van der Waals surface area contributed by atoms with Crippen LogP contribution in [0.1, 0.15) is 20.3 Å². The first-order chi connectivity index (χ1) is 7.30. The zero-order valence-corrected chi connectivity index (χ0v) is 9.98. The molecule has 0 bridgehead atoms. The molecule has 0 heterocycles. The lowest BCUT2D eigenvalue weighted by atomic mass is 9.58. The molecular weight excluding hydrogens is 212 g/mol.